The van der Waals surface area contributed by atoms with Gasteiger partial charge in [0.15, 0.2) is 6.61 Å². The quantitative estimate of drug-likeness (QED) is 0.692. The van der Waals surface area contributed by atoms with Gasteiger partial charge in [-0.25, -0.2) is 4.98 Å². The van der Waals surface area contributed by atoms with E-state index in [0.717, 1.165) is 36.5 Å². The highest BCUT2D eigenvalue weighted by molar-refractivity contribution is 5.92. The van der Waals surface area contributed by atoms with Crippen LogP contribution in [-0.2, 0) is 24.2 Å². The lowest BCUT2D eigenvalue weighted by Gasteiger charge is -2.16. The fourth-order valence-corrected chi connectivity index (χ4v) is 3.54. The summed E-state index contributed by atoms with van der Waals surface area (Å²) in [6.45, 7) is 3.12. The maximum absolute atomic E-state index is 12.2. The first kappa shape index (κ1) is 18.3. The summed E-state index contributed by atoms with van der Waals surface area (Å²) in [7, 11) is 0. The summed E-state index contributed by atoms with van der Waals surface area (Å²) in [6.07, 6.45) is 6.50. The Kier molecular flexibility index (Phi) is 5.42. The van der Waals surface area contributed by atoms with Crippen molar-refractivity contribution < 1.29 is 9.53 Å². The van der Waals surface area contributed by atoms with Gasteiger partial charge in [0.1, 0.15) is 11.6 Å². The number of carbonyl (C=O) groups is 1. The van der Waals surface area contributed by atoms with Gasteiger partial charge >= 0.3 is 0 Å². The van der Waals surface area contributed by atoms with Crippen LogP contribution in [0.15, 0.2) is 54.7 Å². The van der Waals surface area contributed by atoms with Crippen LogP contribution >= 0.6 is 0 Å². The molecule has 1 aliphatic rings. The second-order valence-electron chi connectivity index (χ2n) is 7.09. The Morgan fingerprint density at radius 1 is 1.11 bits per heavy atom. The van der Waals surface area contributed by atoms with E-state index in [0.29, 0.717) is 5.75 Å². The molecular weight excluding hydrogens is 350 g/mol. The van der Waals surface area contributed by atoms with Crippen LogP contribution in [0.2, 0.25) is 0 Å². The number of nitrogens with one attached hydrogen (secondary N) is 1. The van der Waals surface area contributed by atoms with Crippen molar-refractivity contribution in [2.45, 2.75) is 39.2 Å². The molecule has 0 saturated heterocycles. The molecule has 0 atom stereocenters. The van der Waals surface area contributed by atoms with Crippen LogP contribution in [-0.4, -0.2) is 22.1 Å². The number of hydrogen-bond acceptors (Lipinski definition) is 3. The molecule has 0 fully saturated rings. The zero-order chi connectivity index (χ0) is 19.3. The molecule has 1 amide bonds. The van der Waals surface area contributed by atoms with Crippen molar-refractivity contribution in [3.8, 4) is 17.1 Å². The lowest BCUT2D eigenvalue weighted by atomic mass is 10.1. The third-order valence-electron chi connectivity index (χ3n) is 5.13. The van der Waals surface area contributed by atoms with Crippen molar-refractivity contribution in [3.05, 3.63) is 66.0 Å². The number of hydrogen-bond donors (Lipinski definition) is 1. The second-order valence-corrected chi connectivity index (χ2v) is 7.09. The molecule has 0 radical (unpaired) electrons. The molecule has 0 aliphatic carbocycles. The third kappa shape index (κ3) is 4.09. The van der Waals surface area contributed by atoms with Crippen molar-refractivity contribution in [1.82, 2.24) is 9.55 Å². The van der Waals surface area contributed by atoms with Crippen molar-refractivity contribution >= 4 is 11.6 Å². The van der Waals surface area contributed by atoms with Gasteiger partial charge in [-0.1, -0.05) is 19.1 Å². The van der Waals surface area contributed by atoms with Crippen LogP contribution in [0.4, 0.5) is 5.69 Å². The van der Waals surface area contributed by atoms with E-state index in [-0.39, 0.29) is 12.5 Å². The normalized spacial score (nSPS) is 13.0. The Hall–Kier alpha value is -3.08. The first-order valence-corrected chi connectivity index (χ1v) is 9.89. The van der Waals surface area contributed by atoms with Crippen LogP contribution in [0.5, 0.6) is 5.75 Å². The summed E-state index contributed by atoms with van der Waals surface area (Å²) in [5.74, 6) is 1.53. The molecule has 0 bridgehead atoms. The van der Waals surface area contributed by atoms with Gasteiger partial charge in [0.2, 0.25) is 0 Å². The lowest BCUT2D eigenvalue weighted by molar-refractivity contribution is -0.118. The molecule has 2 heterocycles. The van der Waals surface area contributed by atoms with Gasteiger partial charge in [-0.3, -0.25) is 4.79 Å². The van der Waals surface area contributed by atoms with Gasteiger partial charge < -0.3 is 14.6 Å². The minimum Gasteiger partial charge on any atom is -0.484 e. The Bertz CT molecular complexity index is 943. The van der Waals surface area contributed by atoms with Gasteiger partial charge in [0.25, 0.3) is 5.91 Å². The van der Waals surface area contributed by atoms with Crippen LogP contribution in [0.3, 0.4) is 0 Å². The van der Waals surface area contributed by atoms with Gasteiger partial charge in [-0.15, -0.1) is 0 Å². The Morgan fingerprint density at radius 2 is 1.89 bits per heavy atom. The first-order valence-electron chi connectivity index (χ1n) is 9.89. The smallest absolute Gasteiger partial charge is 0.262 e. The molecule has 0 unspecified atom stereocenters. The second kappa shape index (κ2) is 8.30. The molecule has 1 aromatic heterocycles. The molecule has 144 valence electrons. The molecule has 0 saturated carbocycles. The van der Waals surface area contributed by atoms with Gasteiger partial charge in [0.05, 0.1) is 0 Å². The molecule has 5 heteroatoms. The van der Waals surface area contributed by atoms with E-state index in [1.165, 1.54) is 24.1 Å². The van der Waals surface area contributed by atoms with E-state index >= 15 is 0 Å². The fourth-order valence-electron chi connectivity index (χ4n) is 3.54. The average molecular weight is 375 g/mol. The number of amides is 1. The van der Waals surface area contributed by atoms with E-state index in [1.54, 1.807) is 0 Å². The van der Waals surface area contributed by atoms with Crippen molar-refractivity contribution in [2.75, 3.05) is 11.9 Å². The maximum atomic E-state index is 12.2. The zero-order valence-corrected chi connectivity index (χ0v) is 16.1. The number of carbonyl (C=O) groups excluding carboxylic acids is 1. The number of rotatable bonds is 6. The number of fused-ring (bicyclic) bond motifs is 1. The number of nitrogens with zero attached hydrogens (tertiary/aromatic N) is 2. The maximum Gasteiger partial charge on any atom is 0.262 e. The first-order chi connectivity index (χ1) is 13.7. The summed E-state index contributed by atoms with van der Waals surface area (Å²) < 4.78 is 7.86. The molecule has 5 nitrogen and oxygen atoms in total. The summed E-state index contributed by atoms with van der Waals surface area (Å²) in [5, 5.41) is 2.88. The SMILES string of the molecule is CCc1ccc(OCC(=O)Nc2ccc(-c3ncc4n3CCCC4)cc2)cc1. The van der Waals surface area contributed by atoms with E-state index in [4.69, 9.17) is 4.74 Å². The van der Waals surface area contributed by atoms with Gasteiger partial charge in [-0.2, -0.15) is 0 Å². The fraction of sp³-hybridized carbons (Fsp3) is 0.304. The molecule has 1 aliphatic heterocycles. The predicted octanol–water partition coefficient (Wildman–Crippen LogP) is 4.47. The largest absolute Gasteiger partial charge is 0.484 e. The predicted molar refractivity (Wildman–Crippen MR) is 111 cm³/mol. The zero-order valence-electron chi connectivity index (χ0n) is 16.1. The third-order valence-corrected chi connectivity index (χ3v) is 5.13. The number of aryl methyl sites for hydroxylation is 2. The van der Waals surface area contributed by atoms with Crippen LogP contribution < -0.4 is 10.1 Å². The van der Waals surface area contributed by atoms with Crippen molar-refractivity contribution in [2.24, 2.45) is 0 Å². The Balaban J connectivity index is 1.35. The number of imidazole rings is 1. The van der Waals surface area contributed by atoms with E-state index < -0.39 is 0 Å². The van der Waals surface area contributed by atoms with Gasteiger partial charge in [-0.05, 0) is 67.6 Å². The van der Waals surface area contributed by atoms with Crippen LogP contribution in [0, 0.1) is 0 Å². The lowest BCUT2D eigenvalue weighted by Crippen LogP contribution is -2.20. The van der Waals surface area contributed by atoms with E-state index in [9.17, 15) is 4.79 Å². The number of ether oxygens (including phenoxy) is 1. The molecule has 3 aromatic rings. The minimum atomic E-state index is -0.175. The van der Waals surface area contributed by atoms with Gasteiger partial charge in [0, 0.05) is 29.7 Å². The summed E-state index contributed by atoms with van der Waals surface area (Å²) >= 11 is 0. The monoisotopic (exact) mass is 375 g/mol. The topological polar surface area (TPSA) is 56.1 Å². The average Bonchev–Trinajstić information content (AvgIpc) is 3.17. The highest BCUT2D eigenvalue weighted by atomic mass is 16.5. The molecule has 1 N–H and O–H groups in total. The summed E-state index contributed by atoms with van der Waals surface area (Å²) in [4.78, 5) is 16.8. The van der Waals surface area contributed by atoms with Crippen LogP contribution in [0.1, 0.15) is 31.0 Å². The van der Waals surface area contributed by atoms with E-state index in [1.807, 2.05) is 54.7 Å². The molecule has 0 spiro atoms. The van der Waals surface area contributed by atoms with E-state index in [2.05, 4.69) is 21.8 Å². The minimum absolute atomic E-state index is 0.0129. The van der Waals surface area contributed by atoms with Crippen molar-refractivity contribution in [1.29, 1.82) is 0 Å². The highest BCUT2D eigenvalue weighted by Crippen LogP contribution is 2.25. The van der Waals surface area contributed by atoms with Crippen molar-refractivity contribution in [3.63, 3.8) is 0 Å². The Morgan fingerprint density at radius 3 is 2.64 bits per heavy atom. The molecule has 28 heavy (non-hydrogen) atoms. The number of benzene rings is 2. The highest BCUT2D eigenvalue weighted by Gasteiger charge is 2.15. The molecule has 4 rings (SSSR count). The number of aromatic nitrogens is 2. The standard InChI is InChI=1S/C23H25N3O2/c1-2-17-6-12-21(13-7-17)28-16-22(27)25-19-10-8-18(9-11-19)23-24-15-20-5-3-4-14-26(20)23/h6-13,15H,2-5,14,16H2,1H3,(H,25,27). The number of anilines is 1. The molecular formula is C23H25N3O2. The Labute approximate surface area is 165 Å². The summed E-state index contributed by atoms with van der Waals surface area (Å²) in [5.41, 5.74) is 4.38. The summed E-state index contributed by atoms with van der Waals surface area (Å²) in [6, 6.07) is 15.6. The van der Waals surface area contributed by atoms with Crippen LogP contribution in [0.25, 0.3) is 11.4 Å². The molecule has 2 aromatic carbocycles.